The second-order valence-electron chi connectivity index (χ2n) is 3.92. The fourth-order valence-electron chi connectivity index (χ4n) is 1.46. The number of rotatable bonds is 5. The fraction of sp³-hybridized carbons (Fsp3) is 1.00. The summed E-state index contributed by atoms with van der Waals surface area (Å²) in [6.45, 7) is 3.81. The Labute approximate surface area is 95.9 Å². The van der Waals surface area contributed by atoms with E-state index in [-0.39, 0.29) is 19.1 Å². The van der Waals surface area contributed by atoms with Gasteiger partial charge in [0, 0.05) is 6.00 Å². The minimum atomic E-state index is -5.02. The molecule has 0 aliphatic carbocycles. The Bertz CT molecular complexity index is 267. The molecule has 1 saturated heterocycles. The molecule has 0 aromatic carbocycles. The van der Waals surface area contributed by atoms with Crippen molar-refractivity contribution in [2.45, 2.75) is 44.6 Å². The average Bonchev–Trinajstić information content (AvgIpc) is 2.39. The van der Waals surface area contributed by atoms with Gasteiger partial charge in [0.25, 0.3) is 0 Å². The Morgan fingerprint density at radius 1 is 1.56 bits per heavy atom. The van der Waals surface area contributed by atoms with Crippen molar-refractivity contribution in [3.05, 3.63) is 0 Å². The quantitative estimate of drug-likeness (QED) is 0.453. The fourth-order valence-corrected chi connectivity index (χ4v) is 2.01. The van der Waals surface area contributed by atoms with Gasteiger partial charge < -0.3 is 28.3 Å². The van der Waals surface area contributed by atoms with Crippen molar-refractivity contribution < 1.29 is 28.3 Å². The zero-order valence-electron chi connectivity index (χ0n) is 9.20. The Morgan fingerprint density at radius 3 is 2.69 bits per heavy atom. The summed E-state index contributed by atoms with van der Waals surface area (Å²) in [7, 11) is 0.472. The molecule has 16 heavy (non-hydrogen) atoms. The highest BCUT2D eigenvalue weighted by atomic mass is 31.2. The predicted molar refractivity (Wildman–Crippen MR) is 52.6 cm³/mol. The van der Waals surface area contributed by atoms with Gasteiger partial charge in [-0.2, -0.15) is 0 Å². The van der Waals surface area contributed by atoms with Gasteiger partial charge >= 0.3 is 0 Å². The summed E-state index contributed by atoms with van der Waals surface area (Å²) >= 11 is 0. The van der Waals surface area contributed by atoms with E-state index in [1.165, 1.54) is 0 Å². The third-order valence-corrected chi connectivity index (χ3v) is 2.62. The second kappa shape index (κ2) is 5.62. The molecule has 1 aliphatic heterocycles. The molecule has 0 aromatic heterocycles. The molecular formula is C8H14BO6P-2. The van der Waals surface area contributed by atoms with Gasteiger partial charge in [-0.25, -0.2) is 0 Å². The van der Waals surface area contributed by atoms with E-state index >= 15 is 0 Å². The van der Waals surface area contributed by atoms with Gasteiger partial charge in [0.05, 0.1) is 26.6 Å². The lowest BCUT2D eigenvalue weighted by Gasteiger charge is -2.33. The van der Waals surface area contributed by atoms with Crippen LogP contribution in [0.1, 0.15) is 20.3 Å². The van der Waals surface area contributed by atoms with E-state index in [1.807, 2.05) is 13.8 Å². The van der Waals surface area contributed by atoms with Crippen LogP contribution in [0.15, 0.2) is 0 Å². The minimum Gasteiger partial charge on any atom is -0.790 e. The van der Waals surface area contributed by atoms with Gasteiger partial charge in [0.1, 0.15) is 14.0 Å². The smallest absolute Gasteiger partial charge is 0.109 e. The van der Waals surface area contributed by atoms with Gasteiger partial charge in [0.2, 0.25) is 0 Å². The lowest BCUT2D eigenvalue weighted by atomic mass is 9.96. The molecule has 1 rings (SSSR count). The molecule has 2 radical (unpaired) electrons. The number of phosphoric ester groups is 1. The first-order chi connectivity index (χ1) is 7.28. The molecule has 8 heteroatoms. The predicted octanol–water partition coefficient (Wildman–Crippen LogP) is -1.09. The van der Waals surface area contributed by atoms with Gasteiger partial charge in [-0.15, -0.1) is 0 Å². The molecule has 1 fully saturated rings. The third-order valence-electron chi connectivity index (χ3n) is 2.09. The Hall–Kier alpha value is 0.0949. The normalized spacial score (nSPS) is 31.2. The van der Waals surface area contributed by atoms with E-state index in [1.54, 1.807) is 0 Å². The van der Waals surface area contributed by atoms with Crippen LogP contribution in [0.5, 0.6) is 0 Å². The Kier molecular flexibility index (Phi) is 4.97. The van der Waals surface area contributed by atoms with Gasteiger partial charge in [-0.3, -0.25) is 0 Å². The van der Waals surface area contributed by atoms with Crippen molar-refractivity contribution in [1.29, 1.82) is 0 Å². The Morgan fingerprint density at radius 2 is 2.19 bits per heavy atom. The van der Waals surface area contributed by atoms with Gasteiger partial charge in [-0.1, -0.05) is 0 Å². The highest BCUT2D eigenvalue weighted by molar-refractivity contribution is 7.43. The van der Waals surface area contributed by atoms with Crippen LogP contribution in [0.2, 0.25) is 0 Å². The highest BCUT2D eigenvalue weighted by Crippen LogP contribution is 2.34. The summed E-state index contributed by atoms with van der Waals surface area (Å²) in [5.74, 6) is 0. The van der Waals surface area contributed by atoms with E-state index in [9.17, 15) is 14.4 Å². The van der Waals surface area contributed by atoms with Crippen LogP contribution in [0.3, 0.4) is 0 Å². The van der Waals surface area contributed by atoms with Crippen molar-refractivity contribution in [3.8, 4) is 0 Å². The van der Waals surface area contributed by atoms with Crippen LogP contribution in [0.25, 0.3) is 0 Å². The van der Waals surface area contributed by atoms with Crippen LogP contribution in [-0.2, 0) is 18.6 Å². The van der Waals surface area contributed by atoms with Gasteiger partial charge in [0.15, 0.2) is 0 Å². The lowest BCUT2D eigenvalue weighted by molar-refractivity contribution is -0.345. The molecule has 1 aliphatic rings. The molecule has 3 atom stereocenters. The van der Waals surface area contributed by atoms with E-state index < -0.39 is 26.0 Å². The van der Waals surface area contributed by atoms with Crippen LogP contribution in [-0.4, -0.2) is 38.8 Å². The van der Waals surface area contributed by atoms with Crippen molar-refractivity contribution in [3.63, 3.8) is 0 Å². The molecule has 0 aromatic rings. The standard InChI is InChI=1S/C8H16BO6P/c1-5(2)13-4-7-6(3-8(9)14-7)15-16(10,11)12/h5-8H,3-4H2,1-2H3,(H2,10,11,12)/p-2. The summed E-state index contributed by atoms with van der Waals surface area (Å²) in [5, 5.41) is 0. The maximum absolute atomic E-state index is 10.5. The molecular weight excluding hydrogens is 234 g/mol. The van der Waals surface area contributed by atoms with Crippen molar-refractivity contribution >= 4 is 15.7 Å². The average molecular weight is 248 g/mol. The largest absolute Gasteiger partial charge is 0.790 e. The molecule has 1 heterocycles. The number of ether oxygens (including phenoxy) is 2. The second-order valence-corrected chi connectivity index (χ2v) is 5.03. The zero-order valence-corrected chi connectivity index (χ0v) is 10.1. The summed E-state index contributed by atoms with van der Waals surface area (Å²) in [4.78, 5) is 21.0. The monoisotopic (exact) mass is 248 g/mol. The third kappa shape index (κ3) is 4.95. The lowest BCUT2D eigenvalue weighted by Crippen LogP contribution is -2.32. The van der Waals surface area contributed by atoms with E-state index in [4.69, 9.17) is 17.3 Å². The molecule has 0 saturated carbocycles. The summed E-state index contributed by atoms with van der Waals surface area (Å²) in [6.07, 6.45) is -1.32. The van der Waals surface area contributed by atoms with Gasteiger partial charge in [-0.05, 0) is 20.3 Å². The first kappa shape index (κ1) is 14.2. The summed E-state index contributed by atoms with van der Waals surface area (Å²) in [5.41, 5.74) is 0. The highest BCUT2D eigenvalue weighted by Gasteiger charge is 2.34. The van der Waals surface area contributed by atoms with Crippen LogP contribution in [0.4, 0.5) is 0 Å². The first-order valence-corrected chi connectivity index (χ1v) is 6.47. The number of phosphoric acid groups is 1. The molecule has 3 unspecified atom stereocenters. The number of hydrogen-bond donors (Lipinski definition) is 0. The van der Waals surface area contributed by atoms with E-state index in [2.05, 4.69) is 4.52 Å². The van der Waals surface area contributed by atoms with Crippen LogP contribution >= 0.6 is 7.82 Å². The molecule has 92 valence electrons. The van der Waals surface area contributed by atoms with Crippen molar-refractivity contribution in [2.75, 3.05) is 6.61 Å². The van der Waals surface area contributed by atoms with E-state index in [0.29, 0.717) is 0 Å². The topological polar surface area (TPSA) is 90.9 Å². The molecule has 0 amide bonds. The molecule has 6 nitrogen and oxygen atoms in total. The maximum atomic E-state index is 10.5. The summed E-state index contributed by atoms with van der Waals surface area (Å²) < 4.78 is 25.3. The van der Waals surface area contributed by atoms with Crippen molar-refractivity contribution in [2.24, 2.45) is 0 Å². The molecule has 0 spiro atoms. The van der Waals surface area contributed by atoms with Crippen LogP contribution < -0.4 is 9.79 Å². The first-order valence-electron chi connectivity index (χ1n) is 5.01. The summed E-state index contributed by atoms with van der Waals surface area (Å²) in [6, 6.07) is -0.627. The maximum Gasteiger partial charge on any atom is 0.109 e. The SMILES string of the molecule is [B]C1CC(OP(=O)([O-])[O-])C(COC(C)C)O1. The van der Waals surface area contributed by atoms with Crippen LogP contribution in [0, 0.1) is 0 Å². The van der Waals surface area contributed by atoms with Crippen molar-refractivity contribution in [1.82, 2.24) is 0 Å². The molecule has 0 N–H and O–H groups in total. The zero-order chi connectivity index (χ0) is 12.3. The number of hydrogen-bond acceptors (Lipinski definition) is 6. The molecule has 0 bridgehead atoms. The van der Waals surface area contributed by atoms with E-state index in [0.717, 1.165) is 0 Å². The Balaban J connectivity index is 2.49. The minimum absolute atomic E-state index is 0.0209.